The summed E-state index contributed by atoms with van der Waals surface area (Å²) in [6.07, 6.45) is 0. The van der Waals surface area contributed by atoms with E-state index in [2.05, 4.69) is 78.3 Å². The second-order valence-electron chi connectivity index (χ2n) is 7.51. The number of rotatable bonds is 3. The van der Waals surface area contributed by atoms with Gasteiger partial charge in [0.15, 0.2) is 0 Å². The van der Waals surface area contributed by atoms with Crippen molar-refractivity contribution in [2.75, 3.05) is 0 Å². The Kier molecular flexibility index (Phi) is 5.00. The zero-order valence-electron chi connectivity index (χ0n) is 13.7. The topological polar surface area (TPSA) is 14.1 Å². The Labute approximate surface area is 123 Å². The minimum Gasteiger partial charge on any atom is -0.216 e. The van der Waals surface area contributed by atoms with Crippen LogP contribution in [0.3, 0.4) is 0 Å². The summed E-state index contributed by atoms with van der Waals surface area (Å²) >= 11 is 1.65. The summed E-state index contributed by atoms with van der Waals surface area (Å²) in [7, 11) is 0. The van der Waals surface area contributed by atoms with Crippen LogP contribution in [0.15, 0.2) is 18.2 Å². The van der Waals surface area contributed by atoms with Crippen LogP contribution < -0.4 is 4.72 Å². The lowest BCUT2D eigenvalue weighted by atomic mass is 9.80. The molecule has 0 amide bonds. The van der Waals surface area contributed by atoms with E-state index >= 15 is 0 Å². The second-order valence-corrected chi connectivity index (χ2v) is 8.85. The maximum atomic E-state index is 4.67. The first-order valence-corrected chi connectivity index (χ1v) is 7.87. The molecule has 0 aliphatic rings. The van der Waals surface area contributed by atoms with Crippen molar-refractivity contribution < 1.29 is 0 Å². The van der Waals surface area contributed by atoms with Crippen molar-refractivity contribution in [3.63, 3.8) is 0 Å². The molecule has 0 N–H and O–H groups in total. The lowest BCUT2D eigenvalue weighted by molar-refractivity contribution is 0.568. The molecule has 0 saturated carbocycles. The van der Waals surface area contributed by atoms with Crippen molar-refractivity contribution in [1.82, 2.24) is 4.72 Å². The van der Waals surface area contributed by atoms with Gasteiger partial charge in [-0.2, -0.15) is 0 Å². The van der Waals surface area contributed by atoms with Gasteiger partial charge in [-0.05, 0) is 46.0 Å². The highest BCUT2D eigenvalue weighted by Crippen LogP contribution is 2.33. The minimum absolute atomic E-state index is 0.161. The average Bonchev–Trinajstić information content (AvgIpc) is 2.23. The van der Waals surface area contributed by atoms with Gasteiger partial charge in [-0.3, -0.25) is 0 Å². The molecule has 0 spiro atoms. The predicted molar refractivity (Wildman–Crippen MR) is 88.4 cm³/mol. The molecular formula is C17H28NS. The quantitative estimate of drug-likeness (QED) is 0.659. The van der Waals surface area contributed by atoms with Crippen molar-refractivity contribution >= 4 is 17.6 Å². The summed E-state index contributed by atoms with van der Waals surface area (Å²) in [6, 6.07) is 6.79. The molecule has 1 radical (unpaired) electrons. The Bertz CT molecular complexity index is 390. The largest absolute Gasteiger partial charge is 0.216 e. The Morgan fingerprint density at radius 3 is 1.58 bits per heavy atom. The summed E-state index contributed by atoms with van der Waals surface area (Å²) < 4.78 is 4.67. The molecule has 2 heteroatoms. The van der Waals surface area contributed by atoms with Crippen molar-refractivity contribution in [1.29, 1.82) is 0 Å². The van der Waals surface area contributed by atoms with E-state index in [0.29, 0.717) is 5.25 Å². The van der Waals surface area contributed by atoms with E-state index in [1.165, 1.54) is 11.1 Å². The third-order valence-electron chi connectivity index (χ3n) is 3.02. The fourth-order valence-electron chi connectivity index (χ4n) is 1.70. The van der Waals surface area contributed by atoms with Crippen LogP contribution in [0.25, 0.3) is 0 Å². The Hall–Kier alpha value is -0.630. The minimum atomic E-state index is 0.161. The SMILES string of the molecule is CC(C)S[N]c1cc(C(C)(C)C)cc(C(C)(C)C)c1. The van der Waals surface area contributed by atoms with Crippen LogP contribution in [0.4, 0.5) is 5.69 Å². The molecule has 1 aromatic carbocycles. The smallest absolute Gasteiger partial charge is 0.0719 e. The van der Waals surface area contributed by atoms with Crippen LogP contribution >= 0.6 is 11.9 Å². The third kappa shape index (κ3) is 5.10. The van der Waals surface area contributed by atoms with Gasteiger partial charge in [0.25, 0.3) is 0 Å². The highest BCUT2D eigenvalue weighted by Gasteiger charge is 2.20. The van der Waals surface area contributed by atoms with Crippen LogP contribution in [0, 0.1) is 0 Å². The second kappa shape index (κ2) is 5.78. The standard InChI is InChI=1S/C17H28NS/c1-12(2)19-18-15-10-13(16(3,4)5)9-14(11-15)17(6,7)8/h9-12H,1-8H3. The van der Waals surface area contributed by atoms with Crippen molar-refractivity contribution in [3.8, 4) is 0 Å². The van der Waals surface area contributed by atoms with Crippen molar-refractivity contribution in [3.05, 3.63) is 29.3 Å². The van der Waals surface area contributed by atoms with Gasteiger partial charge in [0, 0.05) is 5.25 Å². The Balaban J connectivity index is 3.17. The van der Waals surface area contributed by atoms with E-state index in [9.17, 15) is 0 Å². The highest BCUT2D eigenvalue weighted by atomic mass is 32.2. The number of nitrogens with zero attached hydrogens (tertiary/aromatic N) is 1. The molecule has 0 bridgehead atoms. The lowest BCUT2D eigenvalue weighted by Crippen LogP contribution is -2.16. The molecule has 0 atom stereocenters. The Morgan fingerprint density at radius 2 is 1.26 bits per heavy atom. The van der Waals surface area contributed by atoms with E-state index in [1.807, 2.05) is 0 Å². The van der Waals surface area contributed by atoms with Crippen LogP contribution in [-0.2, 0) is 10.8 Å². The lowest BCUT2D eigenvalue weighted by Gasteiger charge is -2.26. The molecule has 1 rings (SSSR count). The molecule has 1 nitrogen and oxygen atoms in total. The molecule has 1 aromatic rings. The molecular weight excluding hydrogens is 250 g/mol. The van der Waals surface area contributed by atoms with Crippen LogP contribution in [0.2, 0.25) is 0 Å². The summed E-state index contributed by atoms with van der Waals surface area (Å²) in [5, 5.41) is 0.524. The van der Waals surface area contributed by atoms with Crippen molar-refractivity contribution in [2.24, 2.45) is 0 Å². The first kappa shape index (κ1) is 16.4. The van der Waals surface area contributed by atoms with E-state index < -0.39 is 0 Å². The fraction of sp³-hybridized carbons (Fsp3) is 0.647. The molecule has 107 valence electrons. The zero-order valence-corrected chi connectivity index (χ0v) is 14.5. The number of hydrogen-bond donors (Lipinski definition) is 0. The summed E-state index contributed by atoms with van der Waals surface area (Å²) in [4.78, 5) is 0. The number of benzene rings is 1. The first-order valence-electron chi connectivity index (χ1n) is 7.03. The van der Waals surface area contributed by atoms with Crippen LogP contribution in [0.1, 0.15) is 66.5 Å². The van der Waals surface area contributed by atoms with Gasteiger partial charge >= 0.3 is 0 Å². The monoisotopic (exact) mass is 278 g/mol. The van der Waals surface area contributed by atoms with Gasteiger partial charge in [-0.15, -0.1) is 0 Å². The van der Waals surface area contributed by atoms with Crippen LogP contribution in [0.5, 0.6) is 0 Å². The fourth-order valence-corrected chi connectivity index (χ4v) is 2.13. The van der Waals surface area contributed by atoms with Crippen molar-refractivity contribution in [2.45, 2.75) is 71.5 Å². The summed E-state index contributed by atoms with van der Waals surface area (Å²) in [5.41, 5.74) is 4.14. The zero-order chi connectivity index (χ0) is 14.8. The average molecular weight is 278 g/mol. The van der Waals surface area contributed by atoms with Crippen LogP contribution in [-0.4, -0.2) is 5.25 Å². The summed E-state index contributed by atoms with van der Waals surface area (Å²) in [6.45, 7) is 17.9. The predicted octanol–water partition coefficient (Wildman–Crippen LogP) is 5.57. The third-order valence-corrected chi connectivity index (χ3v) is 3.76. The first-order chi connectivity index (χ1) is 8.50. The van der Waals surface area contributed by atoms with E-state index in [4.69, 9.17) is 0 Å². The highest BCUT2D eigenvalue weighted by molar-refractivity contribution is 7.98. The van der Waals surface area contributed by atoms with Gasteiger partial charge in [0.2, 0.25) is 0 Å². The van der Waals surface area contributed by atoms with Gasteiger partial charge < -0.3 is 0 Å². The van der Waals surface area contributed by atoms with Gasteiger partial charge in [0.1, 0.15) is 0 Å². The van der Waals surface area contributed by atoms with E-state index in [1.54, 1.807) is 11.9 Å². The maximum absolute atomic E-state index is 4.67. The maximum Gasteiger partial charge on any atom is 0.0719 e. The molecule has 0 aliphatic heterocycles. The molecule has 0 fully saturated rings. The molecule has 0 aromatic heterocycles. The molecule has 0 heterocycles. The normalized spacial score (nSPS) is 12.9. The summed E-state index contributed by atoms with van der Waals surface area (Å²) in [5.74, 6) is 0. The van der Waals surface area contributed by atoms with Gasteiger partial charge in [-0.25, -0.2) is 4.72 Å². The van der Waals surface area contributed by atoms with Gasteiger partial charge in [-0.1, -0.05) is 61.5 Å². The molecule has 0 unspecified atom stereocenters. The van der Waals surface area contributed by atoms with Gasteiger partial charge in [0.05, 0.1) is 5.69 Å². The Morgan fingerprint density at radius 1 is 0.842 bits per heavy atom. The molecule has 19 heavy (non-hydrogen) atoms. The molecule has 0 aliphatic carbocycles. The van der Waals surface area contributed by atoms with E-state index in [-0.39, 0.29) is 10.8 Å². The number of hydrogen-bond acceptors (Lipinski definition) is 1. The molecule has 0 saturated heterocycles. The van der Waals surface area contributed by atoms with E-state index in [0.717, 1.165) is 5.69 Å².